The van der Waals surface area contributed by atoms with E-state index in [9.17, 15) is 4.79 Å². The Morgan fingerprint density at radius 3 is 2.37 bits per heavy atom. The van der Waals surface area contributed by atoms with Gasteiger partial charge in [0.05, 0.1) is 0 Å². The summed E-state index contributed by atoms with van der Waals surface area (Å²) in [6.07, 6.45) is 0.900. The van der Waals surface area contributed by atoms with E-state index in [4.69, 9.17) is 0 Å². The van der Waals surface area contributed by atoms with Crippen molar-refractivity contribution in [1.82, 2.24) is 10.2 Å². The van der Waals surface area contributed by atoms with Crippen LogP contribution in [0.1, 0.15) is 41.4 Å². The number of hydrogen-bond donors (Lipinski definition) is 2. The summed E-state index contributed by atoms with van der Waals surface area (Å²) in [6.45, 7) is 4.95. The van der Waals surface area contributed by atoms with Crippen molar-refractivity contribution in [2.24, 2.45) is 0 Å². The number of carbonyl (C=O) groups is 1. The fraction of sp³-hybridized carbons (Fsp3) is 0.227. The predicted molar refractivity (Wildman–Crippen MR) is 109 cm³/mol. The van der Waals surface area contributed by atoms with Gasteiger partial charge in [-0.15, -0.1) is 10.2 Å². The van der Waals surface area contributed by atoms with Gasteiger partial charge >= 0.3 is 0 Å². The summed E-state index contributed by atoms with van der Waals surface area (Å²) in [5.41, 5.74) is 3.46. The highest BCUT2D eigenvalue weighted by Crippen LogP contribution is 2.24. The number of nitrogens with zero attached hydrogens (tertiary/aromatic N) is 2. The lowest BCUT2D eigenvalue weighted by molar-refractivity contribution is 0.102. The second kappa shape index (κ2) is 8.94. The molecular formula is C22H24N4O. The van der Waals surface area contributed by atoms with E-state index < -0.39 is 0 Å². The molecule has 1 amide bonds. The molecule has 0 aliphatic heterocycles. The Morgan fingerprint density at radius 1 is 0.926 bits per heavy atom. The average Bonchev–Trinajstić information content (AvgIpc) is 2.69. The fourth-order valence-corrected chi connectivity index (χ4v) is 2.83. The van der Waals surface area contributed by atoms with Crippen molar-refractivity contribution in [2.75, 3.05) is 17.2 Å². The van der Waals surface area contributed by atoms with Gasteiger partial charge in [0.15, 0.2) is 5.69 Å². The largest absolute Gasteiger partial charge is 0.368 e. The quantitative estimate of drug-likeness (QED) is 0.651. The molecule has 0 radical (unpaired) electrons. The third-order valence-electron chi connectivity index (χ3n) is 4.29. The van der Waals surface area contributed by atoms with Crippen molar-refractivity contribution in [3.8, 4) is 0 Å². The number of nitrogens with one attached hydrogen (secondary N) is 2. The molecule has 27 heavy (non-hydrogen) atoms. The van der Waals surface area contributed by atoms with Crippen molar-refractivity contribution in [3.05, 3.63) is 83.6 Å². The van der Waals surface area contributed by atoms with Crippen molar-refractivity contribution < 1.29 is 4.79 Å². The average molecular weight is 360 g/mol. The first-order valence-electron chi connectivity index (χ1n) is 9.15. The number of para-hydroxylation sites is 1. The van der Waals surface area contributed by atoms with Crippen LogP contribution in [-0.4, -0.2) is 22.6 Å². The van der Waals surface area contributed by atoms with Crippen molar-refractivity contribution in [1.29, 1.82) is 0 Å². The molecule has 138 valence electrons. The van der Waals surface area contributed by atoms with Crippen LogP contribution in [0.25, 0.3) is 0 Å². The van der Waals surface area contributed by atoms with Crippen LogP contribution in [0.2, 0.25) is 0 Å². The molecule has 1 heterocycles. The van der Waals surface area contributed by atoms with Crippen molar-refractivity contribution in [3.63, 3.8) is 0 Å². The van der Waals surface area contributed by atoms with E-state index in [1.54, 1.807) is 12.1 Å². The predicted octanol–water partition coefficient (Wildman–Crippen LogP) is 4.51. The van der Waals surface area contributed by atoms with E-state index in [0.29, 0.717) is 17.4 Å². The lowest BCUT2D eigenvalue weighted by Crippen LogP contribution is -2.16. The smallest absolute Gasteiger partial charge is 0.276 e. The Labute approximate surface area is 159 Å². The normalized spacial score (nSPS) is 10.6. The molecule has 2 N–H and O–H groups in total. The first-order chi connectivity index (χ1) is 13.1. The molecule has 0 unspecified atom stereocenters. The molecule has 3 aromatic rings. The highest BCUT2D eigenvalue weighted by molar-refractivity contribution is 6.03. The molecule has 5 nitrogen and oxygen atoms in total. The molecule has 0 saturated carbocycles. The van der Waals surface area contributed by atoms with Crippen LogP contribution < -0.4 is 10.6 Å². The van der Waals surface area contributed by atoms with E-state index in [1.165, 1.54) is 5.56 Å². The number of hydrogen-bond acceptors (Lipinski definition) is 4. The van der Waals surface area contributed by atoms with Crippen LogP contribution in [-0.2, 0) is 6.42 Å². The zero-order chi connectivity index (χ0) is 19.1. The van der Waals surface area contributed by atoms with Crippen molar-refractivity contribution in [2.45, 2.75) is 26.2 Å². The van der Waals surface area contributed by atoms with Crippen LogP contribution >= 0.6 is 0 Å². The first-order valence-corrected chi connectivity index (χ1v) is 9.15. The molecule has 0 spiro atoms. The summed E-state index contributed by atoms with van der Waals surface area (Å²) < 4.78 is 0. The molecule has 0 saturated heterocycles. The highest BCUT2D eigenvalue weighted by atomic mass is 16.1. The van der Waals surface area contributed by atoms with Gasteiger partial charge in [-0.2, -0.15) is 0 Å². The Kier molecular flexibility index (Phi) is 6.15. The first kappa shape index (κ1) is 18.6. The number of benzene rings is 2. The maximum atomic E-state index is 12.5. The van der Waals surface area contributed by atoms with Crippen LogP contribution in [0.3, 0.4) is 0 Å². The lowest BCUT2D eigenvalue weighted by atomic mass is 10.0. The number of amides is 1. The van der Waals surface area contributed by atoms with Crippen LogP contribution in [0.4, 0.5) is 11.5 Å². The number of carbonyl (C=O) groups excluding carboxylic acids is 1. The Hall–Kier alpha value is -3.21. The summed E-state index contributed by atoms with van der Waals surface area (Å²) in [4.78, 5) is 12.5. The minimum absolute atomic E-state index is 0.258. The maximum absolute atomic E-state index is 12.5. The van der Waals surface area contributed by atoms with Gasteiger partial charge in [-0.1, -0.05) is 62.4 Å². The molecular weight excluding hydrogens is 336 g/mol. The molecule has 5 heteroatoms. The molecule has 0 atom stereocenters. The maximum Gasteiger partial charge on any atom is 0.276 e. The van der Waals surface area contributed by atoms with Gasteiger partial charge in [-0.3, -0.25) is 4.79 Å². The summed E-state index contributed by atoms with van der Waals surface area (Å²) >= 11 is 0. The SMILES string of the molecule is CC(C)c1ccccc1NC(=O)c1ccc(NCCc2ccccc2)nn1. The molecule has 0 fully saturated rings. The second-order valence-corrected chi connectivity index (χ2v) is 6.66. The molecule has 0 aliphatic carbocycles. The molecule has 0 aliphatic rings. The number of aromatic nitrogens is 2. The summed E-state index contributed by atoms with van der Waals surface area (Å²) in [7, 11) is 0. The van der Waals surface area contributed by atoms with Gasteiger partial charge in [-0.25, -0.2) is 0 Å². The topological polar surface area (TPSA) is 66.9 Å². The molecule has 0 bridgehead atoms. The van der Waals surface area contributed by atoms with Crippen LogP contribution in [0.15, 0.2) is 66.7 Å². The minimum atomic E-state index is -0.258. The summed E-state index contributed by atoms with van der Waals surface area (Å²) in [5, 5.41) is 14.3. The minimum Gasteiger partial charge on any atom is -0.368 e. The van der Waals surface area contributed by atoms with Crippen LogP contribution in [0.5, 0.6) is 0 Å². The number of anilines is 2. The Balaban J connectivity index is 1.57. The lowest BCUT2D eigenvalue weighted by Gasteiger charge is -2.13. The van der Waals surface area contributed by atoms with Crippen LogP contribution in [0, 0.1) is 0 Å². The van der Waals surface area contributed by atoms with E-state index in [1.807, 2.05) is 42.5 Å². The summed E-state index contributed by atoms with van der Waals surface area (Å²) in [6, 6.07) is 21.5. The Bertz CT molecular complexity index is 876. The van der Waals surface area contributed by atoms with E-state index in [2.05, 4.69) is 46.8 Å². The van der Waals surface area contributed by atoms with E-state index in [-0.39, 0.29) is 5.91 Å². The summed E-state index contributed by atoms with van der Waals surface area (Å²) in [5.74, 6) is 0.722. The van der Waals surface area contributed by atoms with E-state index in [0.717, 1.165) is 24.2 Å². The standard InChI is InChI=1S/C22H24N4O/c1-16(2)18-10-6-7-11-19(18)24-22(27)20-12-13-21(26-25-20)23-15-14-17-8-4-3-5-9-17/h3-13,16H,14-15H2,1-2H3,(H,23,26)(H,24,27). The van der Waals surface area contributed by atoms with Gasteiger partial charge in [0.2, 0.25) is 0 Å². The zero-order valence-electron chi connectivity index (χ0n) is 15.6. The third-order valence-corrected chi connectivity index (χ3v) is 4.29. The molecule has 1 aromatic heterocycles. The molecule has 3 rings (SSSR count). The van der Waals surface area contributed by atoms with Gasteiger partial charge in [0.25, 0.3) is 5.91 Å². The van der Waals surface area contributed by atoms with Gasteiger partial charge in [0.1, 0.15) is 5.82 Å². The zero-order valence-corrected chi connectivity index (χ0v) is 15.6. The highest BCUT2D eigenvalue weighted by Gasteiger charge is 2.12. The second-order valence-electron chi connectivity index (χ2n) is 6.66. The monoisotopic (exact) mass is 360 g/mol. The van der Waals surface area contributed by atoms with Crippen molar-refractivity contribution >= 4 is 17.4 Å². The van der Waals surface area contributed by atoms with Gasteiger partial charge in [-0.05, 0) is 41.7 Å². The van der Waals surface area contributed by atoms with Gasteiger partial charge in [0, 0.05) is 12.2 Å². The van der Waals surface area contributed by atoms with E-state index >= 15 is 0 Å². The fourth-order valence-electron chi connectivity index (χ4n) is 2.83. The number of rotatable bonds is 7. The van der Waals surface area contributed by atoms with Gasteiger partial charge < -0.3 is 10.6 Å². The Morgan fingerprint density at radius 2 is 1.67 bits per heavy atom. The third kappa shape index (κ3) is 5.14. The molecule has 2 aromatic carbocycles.